The van der Waals surface area contributed by atoms with Gasteiger partial charge in [-0.3, -0.25) is 0 Å². The van der Waals surface area contributed by atoms with E-state index in [1.54, 1.807) is 0 Å². The molecule has 1 fully saturated rings. The van der Waals surface area contributed by atoms with Crippen LogP contribution in [0.5, 0.6) is 5.75 Å². The summed E-state index contributed by atoms with van der Waals surface area (Å²) in [6.45, 7) is 0. The highest BCUT2D eigenvalue weighted by Crippen LogP contribution is 2.28. The lowest BCUT2D eigenvalue weighted by atomic mass is 9.96. The third-order valence-corrected chi connectivity index (χ3v) is 3.03. The summed E-state index contributed by atoms with van der Waals surface area (Å²) in [4.78, 5) is 0. The van der Waals surface area contributed by atoms with E-state index >= 15 is 0 Å². The van der Waals surface area contributed by atoms with Gasteiger partial charge in [-0.1, -0.05) is 11.6 Å². The van der Waals surface area contributed by atoms with E-state index in [0.29, 0.717) is 6.10 Å². The maximum Gasteiger partial charge on any atom is 0.122 e. The van der Waals surface area contributed by atoms with Gasteiger partial charge in [-0.15, -0.1) is 0 Å². The number of halogens is 2. The van der Waals surface area contributed by atoms with Gasteiger partial charge in [-0.2, -0.15) is 0 Å². The zero-order valence-corrected chi connectivity index (χ0v) is 10.0. The van der Waals surface area contributed by atoms with E-state index < -0.39 is 0 Å². The van der Waals surface area contributed by atoms with E-state index in [-0.39, 0.29) is 0 Å². The Labute approximate surface area is 96.6 Å². The number of hydrogen-bond donors (Lipinski definition) is 0. The maximum absolute atomic E-state index is 5.91. The molecule has 0 heterocycles. The Hall–Kier alpha value is 0.0400. The van der Waals surface area contributed by atoms with E-state index in [9.17, 15) is 0 Å². The van der Waals surface area contributed by atoms with Crippen LogP contribution in [-0.2, 0) is 0 Å². The predicted octanol–water partition coefficient (Wildman–Crippen LogP) is 3.88. The number of ether oxygens (including phenoxy) is 1. The lowest BCUT2D eigenvalue weighted by molar-refractivity contribution is 0.120. The molecule has 13 heavy (non-hydrogen) atoms. The molecule has 1 aromatic rings. The highest BCUT2D eigenvalue weighted by atomic mass is 127. The second-order valence-corrected chi connectivity index (χ2v) is 4.96. The quantitative estimate of drug-likeness (QED) is 0.754. The van der Waals surface area contributed by atoms with Crippen molar-refractivity contribution < 1.29 is 4.74 Å². The molecule has 0 spiro atoms. The van der Waals surface area contributed by atoms with Crippen LogP contribution in [0.4, 0.5) is 0 Å². The molecule has 0 saturated heterocycles. The average molecular weight is 309 g/mol. The van der Waals surface area contributed by atoms with Gasteiger partial charge in [-0.25, -0.2) is 0 Å². The van der Waals surface area contributed by atoms with Crippen LogP contribution >= 0.6 is 34.2 Å². The van der Waals surface area contributed by atoms with Gasteiger partial charge in [0.2, 0.25) is 0 Å². The molecule has 0 aromatic heterocycles. The summed E-state index contributed by atoms with van der Waals surface area (Å²) >= 11 is 8.15. The Morgan fingerprint density at radius 1 is 1.31 bits per heavy atom. The molecule has 0 radical (unpaired) electrons. The summed E-state index contributed by atoms with van der Waals surface area (Å²) in [5.41, 5.74) is 0. The van der Waals surface area contributed by atoms with Gasteiger partial charge in [0, 0.05) is 8.59 Å². The smallest absolute Gasteiger partial charge is 0.122 e. The summed E-state index contributed by atoms with van der Waals surface area (Å²) in [5, 5.41) is 0.751. The number of hydrogen-bond acceptors (Lipinski definition) is 1. The van der Waals surface area contributed by atoms with Gasteiger partial charge in [0.1, 0.15) is 5.75 Å². The molecule has 1 saturated carbocycles. The standard InChI is InChI=1S/C10H10ClIO/c11-7-4-8(12)6-10(5-7)13-9-2-1-3-9/h4-6,9H,1-3H2. The van der Waals surface area contributed by atoms with Gasteiger partial charge in [0.05, 0.1) is 6.10 Å². The number of rotatable bonds is 2. The molecule has 0 amide bonds. The lowest BCUT2D eigenvalue weighted by Crippen LogP contribution is -2.24. The lowest BCUT2D eigenvalue weighted by Gasteiger charge is -2.26. The number of benzene rings is 1. The van der Waals surface area contributed by atoms with E-state index in [0.717, 1.165) is 14.3 Å². The molecular formula is C10H10ClIO. The van der Waals surface area contributed by atoms with Crippen molar-refractivity contribution >= 4 is 34.2 Å². The summed E-state index contributed by atoms with van der Waals surface area (Å²) in [6.07, 6.45) is 4.09. The molecule has 0 atom stereocenters. The van der Waals surface area contributed by atoms with Crippen molar-refractivity contribution in [3.63, 3.8) is 0 Å². The van der Waals surface area contributed by atoms with Crippen LogP contribution in [0.15, 0.2) is 18.2 Å². The van der Waals surface area contributed by atoms with Crippen molar-refractivity contribution in [2.45, 2.75) is 25.4 Å². The van der Waals surface area contributed by atoms with Gasteiger partial charge in [0.25, 0.3) is 0 Å². The summed E-state index contributed by atoms with van der Waals surface area (Å²) in [5.74, 6) is 0.904. The normalized spacial score (nSPS) is 16.8. The van der Waals surface area contributed by atoms with Gasteiger partial charge >= 0.3 is 0 Å². The topological polar surface area (TPSA) is 9.23 Å². The van der Waals surface area contributed by atoms with Crippen LogP contribution in [0.3, 0.4) is 0 Å². The van der Waals surface area contributed by atoms with Crippen molar-refractivity contribution in [1.29, 1.82) is 0 Å². The van der Waals surface area contributed by atoms with E-state index in [2.05, 4.69) is 22.6 Å². The Balaban J connectivity index is 2.10. The van der Waals surface area contributed by atoms with Crippen molar-refractivity contribution in [2.24, 2.45) is 0 Å². The molecule has 0 bridgehead atoms. The average Bonchev–Trinajstić information content (AvgIpc) is 1.95. The molecule has 0 aliphatic heterocycles. The van der Waals surface area contributed by atoms with E-state index in [1.807, 2.05) is 18.2 Å². The summed E-state index contributed by atoms with van der Waals surface area (Å²) < 4.78 is 6.85. The molecule has 2 rings (SSSR count). The van der Waals surface area contributed by atoms with E-state index in [4.69, 9.17) is 16.3 Å². The first-order valence-electron chi connectivity index (χ1n) is 4.37. The fourth-order valence-electron chi connectivity index (χ4n) is 1.28. The zero-order chi connectivity index (χ0) is 9.26. The van der Waals surface area contributed by atoms with Crippen LogP contribution in [0.2, 0.25) is 5.02 Å². The van der Waals surface area contributed by atoms with Gasteiger partial charge < -0.3 is 4.74 Å². The first-order chi connectivity index (χ1) is 6.24. The third kappa shape index (κ3) is 2.50. The maximum atomic E-state index is 5.91. The molecule has 0 unspecified atom stereocenters. The first-order valence-corrected chi connectivity index (χ1v) is 5.82. The highest BCUT2D eigenvalue weighted by molar-refractivity contribution is 14.1. The zero-order valence-electron chi connectivity index (χ0n) is 7.09. The second kappa shape index (κ2) is 4.05. The van der Waals surface area contributed by atoms with Gasteiger partial charge in [0.15, 0.2) is 0 Å². The van der Waals surface area contributed by atoms with Crippen LogP contribution < -0.4 is 4.74 Å². The SMILES string of the molecule is Clc1cc(I)cc(OC2CCC2)c1. The fourth-order valence-corrected chi connectivity index (χ4v) is 2.33. The van der Waals surface area contributed by atoms with Gasteiger partial charge in [-0.05, 0) is 60.1 Å². The van der Waals surface area contributed by atoms with Crippen molar-refractivity contribution in [3.8, 4) is 5.75 Å². The van der Waals surface area contributed by atoms with Crippen LogP contribution in [0.1, 0.15) is 19.3 Å². The minimum Gasteiger partial charge on any atom is -0.490 e. The molecule has 1 nitrogen and oxygen atoms in total. The highest BCUT2D eigenvalue weighted by Gasteiger charge is 2.19. The molecule has 1 aromatic carbocycles. The minimum absolute atomic E-state index is 0.425. The molecule has 3 heteroatoms. The van der Waals surface area contributed by atoms with Crippen molar-refractivity contribution in [1.82, 2.24) is 0 Å². The second-order valence-electron chi connectivity index (χ2n) is 3.28. The predicted molar refractivity (Wildman–Crippen MR) is 62.4 cm³/mol. The monoisotopic (exact) mass is 308 g/mol. The Morgan fingerprint density at radius 2 is 2.08 bits per heavy atom. The fraction of sp³-hybridized carbons (Fsp3) is 0.400. The van der Waals surface area contributed by atoms with Crippen molar-refractivity contribution in [3.05, 3.63) is 26.8 Å². The van der Waals surface area contributed by atoms with Crippen LogP contribution in [-0.4, -0.2) is 6.10 Å². The first kappa shape index (κ1) is 9.59. The largest absolute Gasteiger partial charge is 0.490 e. The summed E-state index contributed by atoms with van der Waals surface area (Å²) in [7, 11) is 0. The van der Waals surface area contributed by atoms with Crippen molar-refractivity contribution in [2.75, 3.05) is 0 Å². The Bertz CT molecular complexity index is 290. The van der Waals surface area contributed by atoms with E-state index in [1.165, 1.54) is 19.3 Å². The van der Waals surface area contributed by atoms with Crippen LogP contribution in [0, 0.1) is 3.57 Å². The molecule has 0 N–H and O–H groups in total. The Morgan fingerprint density at radius 3 is 2.62 bits per heavy atom. The minimum atomic E-state index is 0.425. The summed E-state index contributed by atoms with van der Waals surface area (Å²) in [6, 6.07) is 5.82. The molecule has 1 aliphatic rings. The molecule has 1 aliphatic carbocycles. The molecule has 70 valence electrons. The Kier molecular flexibility index (Phi) is 2.99. The van der Waals surface area contributed by atoms with Crippen LogP contribution in [0.25, 0.3) is 0 Å². The molecular weight excluding hydrogens is 298 g/mol. The third-order valence-electron chi connectivity index (χ3n) is 2.19.